The number of H-pyrrole nitrogens is 1. The van der Waals surface area contributed by atoms with Crippen LogP contribution in [0.5, 0.6) is 0 Å². The van der Waals surface area contributed by atoms with Gasteiger partial charge in [0.15, 0.2) is 0 Å². The molecule has 3 rings (SSSR count). The molecule has 1 saturated heterocycles. The van der Waals surface area contributed by atoms with Gasteiger partial charge >= 0.3 is 0 Å². The predicted octanol–water partition coefficient (Wildman–Crippen LogP) is -0.708. The van der Waals surface area contributed by atoms with Crippen LogP contribution in [-0.2, 0) is 0 Å². The van der Waals surface area contributed by atoms with E-state index in [0.29, 0.717) is 0 Å². The SMILES string of the molecule is O=C(c1nn[nH]n1)N1CC2CC2C1. The molecule has 6 nitrogen and oxygen atoms in total. The number of piperidine rings is 1. The minimum atomic E-state index is -0.0963. The molecule has 2 unspecified atom stereocenters. The molecular formula is C7H9N5O. The molecule has 2 atom stereocenters. The van der Waals surface area contributed by atoms with E-state index in [9.17, 15) is 4.79 Å². The number of nitrogens with one attached hydrogen (secondary N) is 1. The van der Waals surface area contributed by atoms with Crippen LogP contribution in [0.2, 0.25) is 0 Å². The number of rotatable bonds is 1. The molecule has 2 aliphatic rings. The van der Waals surface area contributed by atoms with E-state index in [1.807, 2.05) is 4.90 Å². The molecule has 0 aromatic carbocycles. The van der Waals surface area contributed by atoms with Crippen LogP contribution in [0.4, 0.5) is 0 Å². The summed E-state index contributed by atoms with van der Waals surface area (Å²) in [5.74, 6) is 1.58. The fourth-order valence-corrected chi connectivity index (χ4v) is 1.96. The van der Waals surface area contributed by atoms with Crippen LogP contribution in [0.1, 0.15) is 17.0 Å². The lowest BCUT2D eigenvalue weighted by Gasteiger charge is -2.14. The highest BCUT2D eigenvalue weighted by molar-refractivity contribution is 5.90. The van der Waals surface area contributed by atoms with Gasteiger partial charge in [-0.25, -0.2) is 0 Å². The average molecular weight is 179 g/mol. The summed E-state index contributed by atoms with van der Waals surface area (Å²) in [7, 11) is 0. The molecule has 0 bridgehead atoms. The third kappa shape index (κ3) is 1.01. The summed E-state index contributed by atoms with van der Waals surface area (Å²) in [6.45, 7) is 1.75. The Bertz CT molecular complexity index is 325. The van der Waals surface area contributed by atoms with Crippen LogP contribution >= 0.6 is 0 Å². The topological polar surface area (TPSA) is 74.8 Å². The van der Waals surface area contributed by atoms with Gasteiger partial charge in [0.25, 0.3) is 11.7 Å². The predicted molar refractivity (Wildman–Crippen MR) is 41.7 cm³/mol. The summed E-state index contributed by atoms with van der Waals surface area (Å²) in [6.07, 6.45) is 1.29. The summed E-state index contributed by atoms with van der Waals surface area (Å²) < 4.78 is 0. The standard InChI is InChI=1S/C7H9N5O/c13-7(6-8-10-11-9-6)12-2-4-1-5(4)3-12/h4-5H,1-3H2,(H,8,9,10,11). The Balaban J connectivity index is 1.75. The third-order valence-corrected chi connectivity index (χ3v) is 2.80. The van der Waals surface area contributed by atoms with E-state index in [2.05, 4.69) is 20.6 Å². The Morgan fingerprint density at radius 2 is 2.23 bits per heavy atom. The average Bonchev–Trinajstić information content (AvgIpc) is 2.63. The maximum atomic E-state index is 11.6. The van der Waals surface area contributed by atoms with Crippen molar-refractivity contribution < 1.29 is 4.79 Å². The quantitative estimate of drug-likeness (QED) is 0.618. The number of amides is 1. The number of carbonyl (C=O) groups is 1. The smallest absolute Gasteiger partial charge is 0.295 e. The van der Waals surface area contributed by atoms with Crippen LogP contribution in [-0.4, -0.2) is 44.5 Å². The second kappa shape index (κ2) is 2.27. The molecule has 1 amide bonds. The number of likely N-dealkylation sites (tertiary alicyclic amines) is 1. The zero-order valence-corrected chi connectivity index (χ0v) is 6.97. The van der Waals surface area contributed by atoms with Crippen molar-refractivity contribution in [2.24, 2.45) is 11.8 Å². The van der Waals surface area contributed by atoms with Crippen LogP contribution in [0.25, 0.3) is 0 Å². The normalized spacial score (nSPS) is 30.3. The summed E-state index contributed by atoms with van der Waals surface area (Å²) in [5, 5.41) is 13.0. The first kappa shape index (κ1) is 6.99. The van der Waals surface area contributed by atoms with Crippen molar-refractivity contribution in [1.29, 1.82) is 0 Å². The van der Waals surface area contributed by atoms with Crippen LogP contribution < -0.4 is 0 Å². The number of hydrogen-bond donors (Lipinski definition) is 1. The summed E-state index contributed by atoms with van der Waals surface area (Å²) in [6, 6.07) is 0. The van der Waals surface area contributed by atoms with E-state index >= 15 is 0 Å². The van der Waals surface area contributed by atoms with Crippen molar-refractivity contribution in [3.8, 4) is 0 Å². The molecular weight excluding hydrogens is 170 g/mol. The van der Waals surface area contributed by atoms with Gasteiger partial charge in [-0.2, -0.15) is 5.21 Å². The molecule has 68 valence electrons. The zero-order chi connectivity index (χ0) is 8.84. The lowest BCUT2D eigenvalue weighted by atomic mass is 10.4. The third-order valence-electron chi connectivity index (χ3n) is 2.80. The van der Waals surface area contributed by atoms with E-state index in [1.165, 1.54) is 6.42 Å². The number of fused-ring (bicyclic) bond motifs is 1. The monoisotopic (exact) mass is 179 g/mol. The van der Waals surface area contributed by atoms with Crippen molar-refractivity contribution in [2.75, 3.05) is 13.1 Å². The van der Waals surface area contributed by atoms with Crippen molar-refractivity contribution >= 4 is 5.91 Å². The Hall–Kier alpha value is -1.46. The lowest BCUT2D eigenvalue weighted by molar-refractivity contribution is 0.0763. The first-order valence-electron chi connectivity index (χ1n) is 4.37. The molecule has 2 heterocycles. The number of tetrazole rings is 1. The molecule has 13 heavy (non-hydrogen) atoms. The lowest BCUT2D eigenvalue weighted by Crippen LogP contribution is -2.31. The molecule has 0 spiro atoms. The molecule has 1 saturated carbocycles. The fraction of sp³-hybridized carbons (Fsp3) is 0.714. The minimum absolute atomic E-state index is 0.0963. The minimum Gasteiger partial charge on any atom is -0.335 e. The van der Waals surface area contributed by atoms with Crippen molar-refractivity contribution in [1.82, 2.24) is 25.5 Å². The van der Waals surface area contributed by atoms with E-state index < -0.39 is 0 Å². The number of carbonyl (C=O) groups excluding carboxylic acids is 1. The van der Waals surface area contributed by atoms with Gasteiger partial charge in [0.1, 0.15) is 0 Å². The first-order valence-corrected chi connectivity index (χ1v) is 4.37. The molecule has 1 aliphatic carbocycles. The van der Waals surface area contributed by atoms with E-state index in [4.69, 9.17) is 0 Å². The Morgan fingerprint density at radius 3 is 2.85 bits per heavy atom. The molecule has 1 aromatic heterocycles. The molecule has 1 aliphatic heterocycles. The van der Waals surface area contributed by atoms with Crippen LogP contribution in [0, 0.1) is 11.8 Å². The van der Waals surface area contributed by atoms with Gasteiger partial charge in [-0.1, -0.05) is 0 Å². The van der Waals surface area contributed by atoms with Crippen molar-refractivity contribution in [3.63, 3.8) is 0 Å². The van der Waals surface area contributed by atoms with Gasteiger partial charge < -0.3 is 4.90 Å². The number of aromatic amines is 1. The zero-order valence-electron chi connectivity index (χ0n) is 6.97. The summed E-state index contributed by atoms with van der Waals surface area (Å²) in [5.41, 5.74) is 0. The second-order valence-electron chi connectivity index (χ2n) is 3.70. The molecule has 6 heteroatoms. The van der Waals surface area contributed by atoms with Crippen molar-refractivity contribution in [3.05, 3.63) is 5.82 Å². The molecule has 0 radical (unpaired) electrons. The van der Waals surface area contributed by atoms with Crippen LogP contribution in [0.3, 0.4) is 0 Å². The van der Waals surface area contributed by atoms with Gasteiger partial charge in [0, 0.05) is 13.1 Å². The number of nitrogens with zero attached hydrogens (tertiary/aromatic N) is 4. The van der Waals surface area contributed by atoms with Gasteiger partial charge in [-0.3, -0.25) is 4.79 Å². The van der Waals surface area contributed by atoms with E-state index in [0.717, 1.165) is 24.9 Å². The summed E-state index contributed by atoms with van der Waals surface area (Å²) in [4.78, 5) is 13.4. The highest BCUT2D eigenvalue weighted by Crippen LogP contribution is 2.44. The maximum absolute atomic E-state index is 11.6. The highest BCUT2D eigenvalue weighted by Gasteiger charge is 2.47. The maximum Gasteiger partial charge on any atom is 0.295 e. The molecule has 1 N–H and O–H groups in total. The van der Waals surface area contributed by atoms with E-state index in [-0.39, 0.29) is 11.7 Å². The fourth-order valence-electron chi connectivity index (χ4n) is 1.96. The second-order valence-corrected chi connectivity index (χ2v) is 3.70. The largest absolute Gasteiger partial charge is 0.335 e. The summed E-state index contributed by atoms with van der Waals surface area (Å²) >= 11 is 0. The first-order chi connectivity index (χ1) is 6.34. The van der Waals surface area contributed by atoms with Gasteiger partial charge in [0.05, 0.1) is 0 Å². The van der Waals surface area contributed by atoms with Crippen LogP contribution in [0.15, 0.2) is 0 Å². The van der Waals surface area contributed by atoms with E-state index in [1.54, 1.807) is 0 Å². The van der Waals surface area contributed by atoms with Gasteiger partial charge in [0.2, 0.25) is 0 Å². The number of aromatic nitrogens is 4. The van der Waals surface area contributed by atoms with Gasteiger partial charge in [-0.15, -0.1) is 10.2 Å². The Labute approximate surface area is 74.3 Å². The number of hydrogen-bond acceptors (Lipinski definition) is 4. The molecule has 2 fully saturated rings. The van der Waals surface area contributed by atoms with Crippen molar-refractivity contribution in [2.45, 2.75) is 6.42 Å². The Kier molecular flexibility index (Phi) is 1.22. The van der Waals surface area contributed by atoms with Gasteiger partial charge in [-0.05, 0) is 23.5 Å². The Morgan fingerprint density at radius 1 is 1.46 bits per heavy atom. The highest BCUT2D eigenvalue weighted by atomic mass is 16.2. The molecule has 1 aromatic rings.